The second-order valence-corrected chi connectivity index (χ2v) is 8.00. The van der Waals surface area contributed by atoms with Gasteiger partial charge in [0, 0.05) is 49.8 Å². The smallest absolute Gasteiger partial charge is 0.408 e. The molecule has 0 spiro atoms. The maximum atomic E-state index is 12.2. The number of benzene rings is 2. The van der Waals surface area contributed by atoms with Gasteiger partial charge in [0.1, 0.15) is 0 Å². The molecule has 146 valence electrons. The molecule has 2 heterocycles. The number of nitrogens with one attached hydrogen (secondary N) is 1. The van der Waals surface area contributed by atoms with Gasteiger partial charge in [-0.25, -0.2) is 4.79 Å². The fourth-order valence-corrected chi connectivity index (χ4v) is 4.28. The number of aryl methyl sites for hydroxylation is 1. The van der Waals surface area contributed by atoms with Crippen molar-refractivity contribution in [2.24, 2.45) is 0 Å². The van der Waals surface area contributed by atoms with Crippen molar-refractivity contribution in [3.8, 4) is 0 Å². The van der Waals surface area contributed by atoms with E-state index in [2.05, 4.69) is 34.5 Å². The first kappa shape index (κ1) is 18.7. The Morgan fingerprint density at radius 2 is 1.82 bits per heavy atom. The molecule has 0 bridgehead atoms. The van der Waals surface area contributed by atoms with E-state index in [4.69, 9.17) is 4.42 Å². The highest BCUT2D eigenvalue weighted by Crippen LogP contribution is 2.20. The predicted octanol–water partition coefficient (Wildman–Crippen LogP) is 2.85. The van der Waals surface area contributed by atoms with Crippen LogP contribution in [0, 0.1) is 0 Å². The van der Waals surface area contributed by atoms with Crippen molar-refractivity contribution in [3.63, 3.8) is 0 Å². The standard InChI is InChI=1S/C21H23N3O3S/c25-20(9-10-24-18-3-1-2-4-19(18)27-21(24)26)22-15-16-5-7-17(8-6-16)23-11-13-28-14-12-23/h1-8H,9-15H2,(H,22,25). The zero-order valence-electron chi connectivity index (χ0n) is 15.6. The van der Waals surface area contributed by atoms with Gasteiger partial charge in [0.15, 0.2) is 5.58 Å². The highest BCUT2D eigenvalue weighted by Gasteiger charge is 2.12. The van der Waals surface area contributed by atoms with Gasteiger partial charge in [0.2, 0.25) is 5.91 Å². The van der Waals surface area contributed by atoms with Crippen LogP contribution in [-0.2, 0) is 17.9 Å². The maximum absolute atomic E-state index is 12.2. The van der Waals surface area contributed by atoms with Crippen LogP contribution in [0.1, 0.15) is 12.0 Å². The minimum Gasteiger partial charge on any atom is -0.408 e. The molecule has 1 aliphatic heterocycles. The maximum Gasteiger partial charge on any atom is 0.419 e. The Bertz CT molecular complexity index is 1000. The van der Waals surface area contributed by atoms with Crippen molar-refractivity contribution < 1.29 is 9.21 Å². The molecule has 6 nitrogen and oxygen atoms in total. The molecule has 4 rings (SSSR count). The zero-order chi connectivity index (χ0) is 19.3. The molecule has 1 aliphatic rings. The van der Waals surface area contributed by atoms with Gasteiger partial charge >= 0.3 is 5.76 Å². The number of hydrogen-bond donors (Lipinski definition) is 1. The first-order valence-corrected chi connectivity index (χ1v) is 10.6. The number of thioether (sulfide) groups is 1. The Morgan fingerprint density at radius 1 is 1.07 bits per heavy atom. The van der Waals surface area contributed by atoms with E-state index in [9.17, 15) is 9.59 Å². The largest absolute Gasteiger partial charge is 0.419 e. The van der Waals surface area contributed by atoms with Crippen molar-refractivity contribution in [3.05, 3.63) is 64.6 Å². The number of rotatable bonds is 6. The van der Waals surface area contributed by atoms with E-state index in [0.717, 1.165) is 18.7 Å². The molecule has 0 atom stereocenters. The van der Waals surface area contributed by atoms with E-state index in [0.29, 0.717) is 24.2 Å². The molecule has 0 unspecified atom stereocenters. The number of carbonyl (C=O) groups excluding carboxylic acids is 1. The van der Waals surface area contributed by atoms with Crippen LogP contribution < -0.4 is 16.0 Å². The van der Waals surface area contributed by atoms with Gasteiger partial charge in [0.05, 0.1) is 5.52 Å². The molecule has 3 aromatic rings. The number of aromatic nitrogens is 1. The number of hydrogen-bond acceptors (Lipinski definition) is 5. The molecular formula is C21H23N3O3S. The summed E-state index contributed by atoms with van der Waals surface area (Å²) in [4.78, 5) is 26.6. The summed E-state index contributed by atoms with van der Waals surface area (Å²) in [5.41, 5.74) is 3.56. The van der Waals surface area contributed by atoms with Crippen molar-refractivity contribution in [2.45, 2.75) is 19.5 Å². The van der Waals surface area contributed by atoms with Gasteiger partial charge in [-0.05, 0) is 29.8 Å². The highest BCUT2D eigenvalue weighted by atomic mass is 32.2. The summed E-state index contributed by atoms with van der Waals surface area (Å²) in [5.74, 6) is 1.83. The van der Waals surface area contributed by atoms with Gasteiger partial charge in [-0.1, -0.05) is 24.3 Å². The van der Waals surface area contributed by atoms with E-state index in [1.807, 2.05) is 30.0 Å². The second kappa shape index (κ2) is 8.56. The monoisotopic (exact) mass is 397 g/mol. The number of fused-ring (bicyclic) bond motifs is 1. The van der Waals surface area contributed by atoms with Crippen LogP contribution in [0.4, 0.5) is 5.69 Å². The van der Waals surface area contributed by atoms with Gasteiger partial charge in [-0.15, -0.1) is 0 Å². The molecule has 1 saturated heterocycles. The van der Waals surface area contributed by atoms with Crippen LogP contribution in [0.2, 0.25) is 0 Å². The fraction of sp³-hybridized carbons (Fsp3) is 0.333. The lowest BCUT2D eigenvalue weighted by Crippen LogP contribution is -2.32. The summed E-state index contributed by atoms with van der Waals surface area (Å²) < 4.78 is 6.69. The second-order valence-electron chi connectivity index (χ2n) is 6.78. The fourth-order valence-electron chi connectivity index (χ4n) is 3.37. The average molecular weight is 398 g/mol. The molecular weight excluding hydrogens is 374 g/mol. The van der Waals surface area contributed by atoms with E-state index >= 15 is 0 Å². The van der Waals surface area contributed by atoms with E-state index in [1.165, 1.54) is 21.8 Å². The van der Waals surface area contributed by atoms with Gasteiger partial charge in [-0.2, -0.15) is 11.8 Å². The zero-order valence-corrected chi connectivity index (χ0v) is 16.4. The number of nitrogens with zero attached hydrogens (tertiary/aromatic N) is 2. The van der Waals surface area contributed by atoms with E-state index in [-0.39, 0.29) is 12.3 Å². The SMILES string of the molecule is O=C(CCn1c(=O)oc2ccccc21)NCc1ccc(N2CCSCC2)cc1. The summed E-state index contributed by atoms with van der Waals surface area (Å²) in [6, 6.07) is 15.6. The summed E-state index contributed by atoms with van der Waals surface area (Å²) in [7, 11) is 0. The van der Waals surface area contributed by atoms with Crippen LogP contribution in [0.5, 0.6) is 0 Å². The summed E-state index contributed by atoms with van der Waals surface area (Å²) in [6.07, 6.45) is 0.229. The molecule has 0 radical (unpaired) electrons. The number of anilines is 1. The molecule has 2 aromatic carbocycles. The van der Waals surface area contributed by atoms with Crippen molar-refractivity contribution in [1.82, 2.24) is 9.88 Å². The van der Waals surface area contributed by atoms with Gasteiger partial charge in [0.25, 0.3) is 0 Å². The van der Waals surface area contributed by atoms with E-state index in [1.54, 1.807) is 6.07 Å². The molecule has 1 aromatic heterocycles. The Kier molecular flexibility index (Phi) is 5.71. The average Bonchev–Trinajstić information content (AvgIpc) is 3.06. The Hall–Kier alpha value is -2.67. The Labute approximate surface area is 167 Å². The molecule has 0 aliphatic carbocycles. The number of para-hydroxylation sites is 2. The van der Waals surface area contributed by atoms with Crippen LogP contribution >= 0.6 is 11.8 Å². The quantitative estimate of drug-likeness (QED) is 0.693. The lowest BCUT2D eigenvalue weighted by molar-refractivity contribution is -0.121. The minimum atomic E-state index is -0.430. The third-order valence-corrected chi connectivity index (χ3v) is 5.88. The van der Waals surface area contributed by atoms with Gasteiger partial charge < -0.3 is 14.6 Å². The number of carbonyl (C=O) groups is 1. The first-order chi connectivity index (χ1) is 13.7. The third-order valence-electron chi connectivity index (χ3n) is 4.94. The lowest BCUT2D eigenvalue weighted by Gasteiger charge is -2.28. The molecule has 1 fully saturated rings. The number of oxazole rings is 1. The predicted molar refractivity (Wildman–Crippen MR) is 113 cm³/mol. The summed E-state index contributed by atoms with van der Waals surface area (Å²) in [6.45, 7) is 2.95. The Balaban J connectivity index is 1.29. The molecule has 1 amide bonds. The van der Waals surface area contributed by atoms with Crippen molar-refractivity contribution in [2.75, 3.05) is 29.5 Å². The molecule has 7 heteroatoms. The normalized spacial score (nSPS) is 14.4. The van der Waals surface area contributed by atoms with Crippen LogP contribution in [-0.4, -0.2) is 35.1 Å². The summed E-state index contributed by atoms with van der Waals surface area (Å²) >= 11 is 2.00. The van der Waals surface area contributed by atoms with Crippen LogP contribution in [0.15, 0.2) is 57.7 Å². The molecule has 0 saturated carbocycles. The van der Waals surface area contributed by atoms with Gasteiger partial charge in [-0.3, -0.25) is 9.36 Å². The third kappa shape index (κ3) is 4.25. The Morgan fingerprint density at radius 3 is 2.61 bits per heavy atom. The van der Waals surface area contributed by atoms with E-state index < -0.39 is 5.76 Å². The molecule has 1 N–H and O–H groups in total. The minimum absolute atomic E-state index is 0.0886. The van der Waals surface area contributed by atoms with Crippen molar-refractivity contribution >= 4 is 34.5 Å². The van der Waals surface area contributed by atoms with Crippen molar-refractivity contribution in [1.29, 1.82) is 0 Å². The topological polar surface area (TPSA) is 67.5 Å². The molecule has 28 heavy (non-hydrogen) atoms. The van der Waals surface area contributed by atoms with Crippen LogP contribution in [0.25, 0.3) is 11.1 Å². The van der Waals surface area contributed by atoms with Crippen LogP contribution in [0.3, 0.4) is 0 Å². The lowest BCUT2D eigenvalue weighted by atomic mass is 10.2. The first-order valence-electron chi connectivity index (χ1n) is 9.47. The highest BCUT2D eigenvalue weighted by molar-refractivity contribution is 7.99. The number of amides is 1. The summed E-state index contributed by atoms with van der Waals surface area (Å²) in [5, 5.41) is 2.93.